The monoisotopic (exact) mass is 413 g/mol. The number of piperidine rings is 1. The van der Waals surface area contributed by atoms with Gasteiger partial charge in [-0.25, -0.2) is 0 Å². The summed E-state index contributed by atoms with van der Waals surface area (Å²) in [5.41, 5.74) is 5.03. The van der Waals surface area contributed by atoms with Gasteiger partial charge in [-0.1, -0.05) is 67.6 Å². The van der Waals surface area contributed by atoms with Gasteiger partial charge in [0.05, 0.1) is 5.92 Å². The Morgan fingerprint density at radius 2 is 1.74 bits per heavy atom. The number of hydrogen-bond acceptors (Lipinski definition) is 3. The van der Waals surface area contributed by atoms with Crippen LogP contribution in [0.2, 0.25) is 0 Å². The molecule has 0 saturated carbocycles. The average molecular weight is 414 g/mol. The van der Waals surface area contributed by atoms with E-state index in [2.05, 4.69) is 76.7 Å². The van der Waals surface area contributed by atoms with Crippen molar-refractivity contribution in [3.8, 4) is 0 Å². The molecule has 1 aliphatic rings. The second-order valence-electron chi connectivity index (χ2n) is 8.38. The normalized spacial score (nSPS) is 19.1. The molecule has 1 N–H and O–H groups in total. The summed E-state index contributed by atoms with van der Waals surface area (Å²) in [5.74, 6) is 0.147. The number of carbonyl (C=O) groups is 1. The van der Waals surface area contributed by atoms with E-state index in [9.17, 15) is 4.79 Å². The number of nitrogens with zero attached hydrogens (tertiary/aromatic N) is 2. The van der Waals surface area contributed by atoms with Crippen LogP contribution < -0.4 is 5.32 Å². The molecule has 0 radical (unpaired) electrons. The number of pyridine rings is 1. The van der Waals surface area contributed by atoms with Crippen LogP contribution in [0.4, 0.5) is 0 Å². The molecule has 1 fully saturated rings. The van der Waals surface area contributed by atoms with Crippen molar-refractivity contribution in [3.05, 3.63) is 101 Å². The van der Waals surface area contributed by atoms with Crippen LogP contribution in [-0.2, 0) is 24.3 Å². The molecule has 1 saturated heterocycles. The van der Waals surface area contributed by atoms with Crippen LogP contribution in [0.5, 0.6) is 0 Å². The molecule has 4 rings (SSSR count). The maximum absolute atomic E-state index is 12.9. The molecule has 0 aliphatic carbocycles. The molecule has 31 heavy (non-hydrogen) atoms. The average Bonchev–Trinajstić information content (AvgIpc) is 2.84. The number of nitrogens with one attached hydrogen (secondary N) is 1. The highest BCUT2D eigenvalue weighted by Crippen LogP contribution is 2.35. The maximum atomic E-state index is 12.9. The smallest absolute Gasteiger partial charge is 0.224 e. The third-order valence-corrected chi connectivity index (χ3v) is 6.25. The third kappa shape index (κ3) is 5.59. The van der Waals surface area contributed by atoms with E-state index >= 15 is 0 Å². The highest BCUT2D eigenvalue weighted by molar-refractivity contribution is 5.79. The first kappa shape index (κ1) is 21.3. The van der Waals surface area contributed by atoms with Crippen molar-refractivity contribution in [1.29, 1.82) is 0 Å². The zero-order valence-corrected chi connectivity index (χ0v) is 18.2. The minimum Gasteiger partial charge on any atom is -0.352 e. The Hall–Kier alpha value is -2.98. The summed E-state index contributed by atoms with van der Waals surface area (Å²) < 4.78 is 0. The lowest BCUT2D eigenvalue weighted by Crippen LogP contribution is -2.44. The Morgan fingerprint density at radius 3 is 2.45 bits per heavy atom. The zero-order valence-electron chi connectivity index (χ0n) is 18.2. The fourth-order valence-corrected chi connectivity index (χ4v) is 4.44. The molecule has 160 valence electrons. The number of rotatable bonds is 7. The standard InChI is InChI=1S/C27H31N3O/c1-2-21-10-12-24(13-11-21)26-15-14-25(20-30(26)19-22-7-4-3-5-8-22)27(31)29-18-23-9-6-16-28-17-23/h3-13,16-17,25-26H,2,14-15,18-20H2,1H3,(H,29,31). The number of benzene rings is 2. The van der Waals surface area contributed by atoms with E-state index in [0.717, 1.165) is 37.9 Å². The molecule has 1 aliphatic heterocycles. The van der Waals surface area contributed by atoms with E-state index in [-0.39, 0.29) is 11.8 Å². The minimum atomic E-state index is 0.00606. The maximum Gasteiger partial charge on any atom is 0.224 e. The number of carbonyl (C=O) groups excluding carboxylic acids is 1. The first-order chi connectivity index (χ1) is 15.2. The fourth-order valence-electron chi connectivity index (χ4n) is 4.44. The first-order valence-electron chi connectivity index (χ1n) is 11.3. The Kier molecular flexibility index (Phi) is 7.11. The molecule has 1 aromatic heterocycles. The van der Waals surface area contributed by atoms with Crippen LogP contribution in [0.1, 0.15) is 48.1 Å². The lowest BCUT2D eigenvalue weighted by atomic mass is 9.87. The van der Waals surface area contributed by atoms with E-state index in [1.165, 1.54) is 16.7 Å². The molecule has 0 spiro atoms. The Labute approximate surface area is 185 Å². The van der Waals surface area contributed by atoms with E-state index in [4.69, 9.17) is 0 Å². The van der Waals surface area contributed by atoms with E-state index in [0.29, 0.717) is 12.6 Å². The number of likely N-dealkylation sites (tertiary alicyclic amines) is 1. The van der Waals surface area contributed by atoms with Crippen molar-refractivity contribution >= 4 is 5.91 Å². The molecule has 2 atom stereocenters. The zero-order chi connectivity index (χ0) is 21.5. The highest BCUT2D eigenvalue weighted by Gasteiger charge is 2.32. The van der Waals surface area contributed by atoms with Crippen molar-refractivity contribution in [2.45, 2.75) is 45.3 Å². The topological polar surface area (TPSA) is 45.2 Å². The number of amides is 1. The summed E-state index contributed by atoms with van der Waals surface area (Å²) in [7, 11) is 0. The summed E-state index contributed by atoms with van der Waals surface area (Å²) in [6, 6.07) is 23.8. The van der Waals surface area contributed by atoms with Gasteiger partial charge in [0.2, 0.25) is 5.91 Å². The molecule has 1 amide bonds. The largest absolute Gasteiger partial charge is 0.352 e. The van der Waals surface area contributed by atoms with Gasteiger partial charge in [-0.2, -0.15) is 0 Å². The second kappa shape index (κ2) is 10.4. The van der Waals surface area contributed by atoms with Crippen molar-refractivity contribution < 1.29 is 4.79 Å². The lowest BCUT2D eigenvalue weighted by molar-refractivity contribution is -0.127. The predicted octanol–water partition coefficient (Wildman–Crippen LogP) is 4.91. The van der Waals surface area contributed by atoms with Gasteiger partial charge in [-0.3, -0.25) is 14.7 Å². The summed E-state index contributed by atoms with van der Waals surface area (Å²) >= 11 is 0. The lowest BCUT2D eigenvalue weighted by Gasteiger charge is -2.39. The molecular formula is C27H31N3O. The second-order valence-corrected chi connectivity index (χ2v) is 8.38. The van der Waals surface area contributed by atoms with Crippen LogP contribution >= 0.6 is 0 Å². The van der Waals surface area contributed by atoms with E-state index in [1.54, 1.807) is 12.4 Å². The molecule has 0 bridgehead atoms. The van der Waals surface area contributed by atoms with Gasteiger partial charge in [0.15, 0.2) is 0 Å². The van der Waals surface area contributed by atoms with Crippen molar-refractivity contribution in [3.63, 3.8) is 0 Å². The Bertz CT molecular complexity index is 957. The van der Waals surface area contributed by atoms with Crippen LogP contribution in [0.15, 0.2) is 79.1 Å². The Morgan fingerprint density at radius 1 is 0.968 bits per heavy atom. The number of aryl methyl sites for hydroxylation is 1. The molecule has 2 heterocycles. The summed E-state index contributed by atoms with van der Waals surface area (Å²) in [4.78, 5) is 19.5. The summed E-state index contributed by atoms with van der Waals surface area (Å²) in [6.45, 7) is 4.34. The quantitative estimate of drug-likeness (QED) is 0.598. The first-order valence-corrected chi connectivity index (χ1v) is 11.3. The summed E-state index contributed by atoms with van der Waals surface area (Å²) in [6.07, 6.45) is 6.51. The minimum absolute atomic E-state index is 0.00606. The van der Waals surface area contributed by atoms with E-state index in [1.807, 2.05) is 12.1 Å². The third-order valence-electron chi connectivity index (χ3n) is 6.25. The van der Waals surface area contributed by atoms with Gasteiger partial charge in [-0.15, -0.1) is 0 Å². The van der Waals surface area contributed by atoms with Gasteiger partial charge in [0.1, 0.15) is 0 Å². The van der Waals surface area contributed by atoms with Gasteiger partial charge in [-0.05, 0) is 47.6 Å². The molecular weight excluding hydrogens is 382 g/mol. The van der Waals surface area contributed by atoms with Gasteiger partial charge in [0.25, 0.3) is 0 Å². The van der Waals surface area contributed by atoms with Crippen LogP contribution in [0.25, 0.3) is 0 Å². The summed E-state index contributed by atoms with van der Waals surface area (Å²) in [5, 5.41) is 3.12. The molecule has 2 aromatic carbocycles. The SMILES string of the molecule is CCc1ccc(C2CCC(C(=O)NCc3cccnc3)CN2Cc2ccccc2)cc1. The fraction of sp³-hybridized carbons (Fsp3) is 0.333. The Balaban J connectivity index is 1.47. The van der Waals surface area contributed by atoms with Crippen LogP contribution in [0, 0.1) is 5.92 Å². The van der Waals surface area contributed by atoms with Crippen molar-refractivity contribution in [2.75, 3.05) is 6.54 Å². The molecule has 3 aromatic rings. The number of aromatic nitrogens is 1. The molecule has 4 heteroatoms. The van der Waals surface area contributed by atoms with Gasteiger partial charge < -0.3 is 5.32 Å². The van der Waals surface area contributed by atoms with Crippen molar-refractivity contribution in [1.82, 2.24) is 15.2 Å². The van der Waals surface area contributed by atoms with Crippen LogP contribution in [0.3, 0.4) is 0 Å². The molecule has 4 nitrogen and oxygen atoms in total. The van der Waals surface area contributed by atoms with Gasteiger partial charge >= 0.3 is 0 Å². The van der Waals surface area contributed by atoms with E-state index < -0.39 is 0 Å². The van der Waals surface area contributed by atoms with Crippen LogP contribution in [-0.4, -0.2) is 22.3 Å². The molecule has 2 unspecified atom stereocenters. The predicted molar refractivity (Wildman–Crippen MR) is 124 cm³/mol. The number of hydrogen-bond donors (Lipinski definition) is 1. The van der Waals surface area contributed by atoms with Crippen molar-refractivity contribution in [2.24, 2.45) is 5.92 Å². The van der Waals surface area contributed by atoms with Gasteiger partial charge in [0, 0.05) is 38.1 Å². The highest BCUT2D eigenvalue weighted by atomic mass is 16.1.